The second-order valence-electron chi connectivity index (χ2n) is 3.92. The van der Waals surface area contributed by atoms with Crippen LogP contribution in [-0.2, 0) is 0 Å². The first-order valence-electron chi connectivity index (χ1n) is 3.78. The number of alkyl halides is 1. The van der Waals surface area contributed by atoms with E-state index in [4.69, 9.17) is 0 Å². The van der Waals surface area contributed by atoms with Gasteiger partial charge in [0.15, 0.2) is 0 Å². The van der Waals surface area contributed by atoms with E-state index in [1.54, 1.807) is 0 Å². The highest BCUT2D eigenvalue weighted by molar-refractivity contribution is 9.09. The van der Waals surface area contributed by atoms with E-state index in [0.717, 1.165) is 6.42 Å². The minimum absolute atomic E-state index is 0.0914. The molecule has 1 fully saturated rings. The van der Waals surface area contributed by atoms with Crippen molar-refractivity contribution in [2.75, 3.05) is 0 Å². The number of hydrogen-bond acceptors (Lipinski definition) is 1. The molecule has 0 aromatic rings. The van der Waals surface area contributed by atoms with Gasteiger partial charge in [0.25, 0.3) is 0 Å². The molecule has 0 spiro atoms. The van der Waals surface area contributed by atoms with Crippen LogP contribution in [0.15, 0.2) is 0 Å². The van der Waals surface area contributed by atoms with Gasteiger partial charge in [0.2, 0.25) is 0 Å². The van der Waals surface area contributed by atoms with Crippen molar-refractivity contribution in [1.29, 1.82) is 0 Å². The molecule has 1 saturated carbocycles. The SMILES string of the molecule is CC1CC(Br)C(O)C1(C)C. The summed E-state index contributed by atoms with van der Waals surface area (Å²) in [6.07, 6.45) is 0.913. The van der Waals surface area contributed by atoms with Crippen LogP contribution in [0, 0.1) is 11.3 Å². The Morgan fingerprint density at radius 3 is 2.10 bits per heavy atom. The summed E-state index contributed by atoms with van der Waals surface area (Å²) < 4.78 is 0. The molecule has 0 bridgehead atoms. The quantitative estimate of drug-likeness (QED) is 0.603. The minimum Gasteiger partial charge on any atom is -0.391 e. The van der Waals surface area contributed by atoms with Crippen LogP contribution in [0.5, 0.6) is 0 Å². The lowest BCUT2D eigenvalue weighted by Crippen LogP contribution is -2.30. The van der Waals surface area contributed by atoms with Gasteiger partial charge >= 0.3 is 0 Å². The van der Waals surface area contributed by atoms with Crippen LogP contribution in [0.1, 0.15) is 27.2 Å². The summed E-state index contributed by atoms with van der Waals surface area (Å²) >= 11 is 3.47. The molecule has 2 heteroatoms. The number of rotatable bonds is 0. The smallest absolute Gasteiger partial charge is 0.0718 e. The van der Waals surface area contributed by atoms with Gasteiger partial charge in [-0.25, -0.2) is 0 Å². The van der Waals surface area contributed by atoms with Gasteiger partial charge in [0.1, 0.15) is 0 Å². The van der Waals surface area contributed by atoms with Gasteiger partial charge in [-0.2, -0.15) is 0 Å². The molecule has 0 radical (unpaired) electrons. The molecule has 0 heterocycles. The summed E-state index contributed by atoms with van der Waals surface area (Å²) in [5.41, 5.74) is 0.0914. The highest BCUT2D eigenvalue weighted by Crippen LogP contribution is 2.45. The van der Waals surface area contributed by atoms with E-state index in [1.807, 2.05) is 0 Å². The predicted octanol–water partition coefficient (Wildman–Crippen LogP) is 2.18. The van der Waals surface area contributed by atoms with Crippen molar-refractivity contribution in [1.82, 2.24) is 0 Å². The second-order valence-corrected chi connectivity index (χ2v) is 5.10. The van der Waals surface area contributed by atoms with E-state index in [2.05, 4.69) is 36.7 Å². The fourth-order valence-electron chi connectivity index (χ4n) is 1.53. The molecule has 1 N–H and O–H groups in total. The zero-order valence-corrected chi connectivity index (χ0v) is 8.35. The normalized spacial score (nSPS) is 45.9. The molecule has 0 saturated heterocycles. The van der Waals surface area contributed by atoms with Crippen LogP contribution in [0.25, 0.3) is 0 Å². The summed E-state index contributed by atoms with van der Waals surface area (Å²) in [5.74, 6) is 0.617. The van der Waals surface area contributed by atoms with Crippen LogP contribution in [-0.4, -0.2) is 16.0 Å². The largest absolute Gasteiger partial charge is 0.391 e. The van der Waals surface area contributed by atoms with Crippen molar-refractivity contribution in [3.05, 3.63) is 0 Å². The van der Waals surface area contributed by atoms with Crippen molar-refractivity contribution in [2.45, 2.75) is 38.1 Å². The Bertz CT molecular complexity index is 133. The van der Waals surface area contributed by atoms with Gasteiger partial charge < -0.3 is 5.11 Å². The molecule has 0 aliphatic heterocycles. The first kappa shape index (κ1) is 8.54. The van der Waals surface area contributed by atoms with Gasteiger partial charge in [0.05, 0.1) is 6.10 Å². The summed E-state index contributed by atoms with van der Waals surface area (Å²) in [4.78, 5) is 0.303. The van der Waals surface area contributed by atoms with E-state index in [0.29, 0.717) is 10.7 Å². The highest BCUT2D eigenvalue weighted by Gasteiger charge is 2.44. The molecule has 10 heavy (non-hydrogen) atoms. The molecule has 3 unspecified atom stereocenters. The zero-order chi connectivity index (χ0) is 7.94. The minimum atomic E-state index is -0.178. The Hall–Kier alpha value is 0.440. The van der Waals surface area contributed by atoms with Crippen molar-refractivity contribution in [3.63, 3.8) is 0 Å². The average molecular weight is 207 g/mol. The van der Waals surface area contributed by atoms with Crippen molar-refractivity contribution in [3.8, 4) is 0 Å². The first-order chi connectivity index (χ1) is 4.46. The summed E-state index contributed by atoms with van der Waals surface area (Å²) in [6.45, 7) is 6.46. The van der Waals surface area contributed by atoms with Crippen molar-refractivity contribution >= 4 is 15.9 Å². The third kappa shape index (κ3) is 1.12. The van der Waals surface area contributed by atoms with Crippen LogP contribution in [0.3, 0.4) is 0 Å². The van der Waals surface area contributed by atoms with Crippen LogP contribution >= 0.6 is 15.9 Å². The third-order valence-corrected chi connectivity index (χ3v) is 3.83. The Kier molecular flexibility index (Phi) is 2.12. The predicted molar refractivity (Wildman–Crippen MR) is 46.3 cm³/mol. The Morgan fingerprint density at radius 2 is 2.00 bits per heavy atom. The van der Waals surface area contributed by atoms with E-state index in [1.165, 1.54) is 0 Å². The van der Waals surface area contributed by atoms with Gasteiger partial charge in [-0.3, -0.25) is 0 Å². The van der Waals surface area contributed by atoms with E-state index in [9.17, 15) is 5.11 Å². The van der Waals surface area contributed by atoms with Gasteiger partial charge in [-0.15, -0.1) is 0 Å². The van der Waals surface area contributed by atoms with Crippen LogP contribution in [0.2, 0.25) is 0 Å². The molecule has 1 aliphatic carbocycles. The monoisotopic (exact) mass is 206 g/mol. The Morgan fingerprint density at radius 1 is 1.50 bits per heavy atom. The molecule has 0 aromatic carbocycles. The molecule has 1 nitrogen and oxygen atoms in total. The van der Waals surface area contributed by atoms with Gasteiger partial charge in [-0.05, 0) is 17.8 Å². The van der Waals surface area contributed by atoms with Crippen molar-refractivity contribution in [2.24, 2.45) is 11.3 Å². The molecular weight excluding hydrogens is 192 g/mol. The number of halogens is 1. The standard InChI is InChI=1S/C8H15BrO/c1-5-4-6(9)7(10)8(5,2)3/h5-7,10H,4H2,1-3H3. The zero-order valence-electron chi connectivity index (χ0n) is 6.76. The second kappa shape index (κ2) is 2.49. The number of aliphatic hydroxyl groups excluding tert-OH is 1. The topological polar surface area (TPSA) is 20.2 Å². The summed E-state index contributed by atoms with van der Waals surface area (Å²) in [7, 11) is 0. The summed E-state index contributed by atoms with van der Waals surface area (Å²) in [6, 6.07) is 0. The average Bonchev–Trinajstić information content (AvgIpc) is 1.97. The maximum Gasteiger partial charge on any atom is 0.0718 e. The third-order valence-electron chi connectivity index (χ3n) is 2.95. The summed E-state index contributed by atoms with van der Waals surface area (Å²) in [5, 5.41) is 9.65. The van der Waals surface area contributed by atoms with Crippen LogP contribution < -0.4 is 0 Å². The van der Waals surface area contributed by atoms with Crippen LogP contribution in [0.4, 0.5) is 0 Å². The lowest BCUT2D eigenvalue weighted by molar-refractivity contribution is 0.0624. The molecule has 1 rings (SSSR count). The molecule has 0 amide bonds. The Balaban J connectivity index is 2.75. The Labute approximate surface area is 70.9 Å². The van der Waals surface area contributed by atoms with E-state index >= 15 is 0 Å². The van der Waals surface area contributed by atoms with Gasteiger partial charge in [-0.1, -0.05) is 36.7 Å². The maximum absolute atomic E-state index is 9.65. The van der Waals surface area contributed by atoms with Crippen molar-refractivity contribution < 1.29 is 5.11 Å². The fraction of sp³-hybridized carbons (Fsp3) is 1.00. The fourth-order valence-corrected chi connectivity index (χ4v) is 2.77. The molecule has 60 valence electrons. The first-order valence-corrected chi connectivity index (χ1v) is 4.70. The molecule has 1 aliphatic rings. The lowest BCUT2D eigenvalue weighted by Gasteiger charge is -2.27. The van der Waals surface area contributed by atoms with E-state index in [-0.39, 0.29) is 11.5 Å². The lowest BCUT2D eigenvalue weighted by atomic mass is 9.82. The van der Waals surface area contributed by atoms with Gasteiger partial charge in [0, 0.05) is 4.83 Å². The number of aliphatic hydroxyl groups is 1. The number of hydrogen-bond donors (Lipinski definition) is 1. The molecular formula is C8H15BrO. The maximum atomic E-state index is 9.65. The van der Waals surface area contributed by atoms with E-state index < -0.39 is 0 Å². The highest BCUT2D eigenvalue weighted by atomic mass is 79.9. The molecule has 3 atom stereocenters. The molecule has 0 aromatic heterocycles.